The van der Waals surface area contributed by atoms with Crippen molar-refractivity contribution in [3.8, 4) is 11.5 Å². The third kappa shape index (κ3) is 4.61. The SMILES string of the molecule is CCNC(=NCC(C)(C)c1ccc2c(c1)OCO2)NC1CCC(O)CC1. The summed E-state index contributed by atoms with van der Waals surface area (Å²) in [6.07, 6.45) is 3.55. The number of fused-ring (bicyclic) bond motifs is 1. The highest BCUT2D eigenvalue weighted by Gasteiger charge is 2.25. The lowest BCUT2D eigenvalue weighted by atomic mass is 9.84. The summed E-state index contributed by atoms with van der Waals surface area (Å²) < 4.78 is 10.9. The summed E-state index contributed by atoms with van der Waals surface area (Å²) >= 11 is 0. The molecule has 0 spiro atoms. The van der Waals surface area contributed by atoms with Gasteiger partial charge in [0.25, 0.3) is 0 Å². The average molecular weight is 361 g/mol. The summed E-state index contributed by atoms with van der Waals surface area (Å²) in [7, 11) is 0. The minimum absolute atomic E-state index is 0.119. The van der Waals surface area contributed by atoms with Crippen LogP contribution >= 0.6 is 0 Å². The van der Waals surface area contributed by atoms with Gasteiger partial charge in [-0.3, -0.25) is 4.99 Å². The number of ether oxygens (including phenoxy) is 2. The van der Waals surface area contributed by atoms with Crippen molar-refractivity contribution in [2.75, 3.05) is 19.9 Å². The summed E-state index contributed by atoms with van der Waals surface area (Å²) in [6, 6.07) is 6.50. The molecule has 26 heavy (non-hydrogen) atoms. The average Bonchev–Trinajstić information content (AvgIpc) is 3.09. The first kappa shape index (κ1) is 18.8. The van der Waals surface area contributed by atoms with E-state index < -0.39 is 0 Å². The van der Waals surface area contributed by atoms with Crippen LogP contribution in [0, 0.1) is 0 Å². The Hall–Kier alpha value is -1.95. The second-order valence-electron chi connectivity index (χ2n) is 7.80. The van der Waals surface area contributed by atoms with Crippen molar-refractivity contribution >= 4 is 5.96 Å². The van der Waals surface area contributed by atoms with Gasteiger partial charge in [-0.15, -0.1) is 0 Å². The van der Waals surface area contributed by atoms with E-state index in [4.69, 9.17) is 14.5 Å². The number of guanidine groups is 1. The number of aliphatic hydroxyl groups excluding tert-OH is 1. The quantitative estimate of drug-likeness (QED) is 0.555. The normalized spacial score (nSPS) is 23.0. The van der Waals surface area contributed by atoms with Crippen molar-refractivity contribution in [2.24, 2.45) is 4.99 Å². The first-order valence-corrected chi connectivity index (χ1v) is 9.61. The van der Waals surface area contributed by atoms with Crippen LogP contribution in [0.5, 0.6) is 11.5 Å². The third-order valence-electron chi connectivity index (χ3n) is 5.17. The molecule has 3 N–H and O–H groups in total. The van der Waals surface area contributed by atoms with E-state index in [-0.39, 0.29) is 11.5 Å². The minimum atomic E-state index is -0.141. The third-order valence-corrected chi connectivity index (χ3v) is 5.17. The molecular formula is C20H31N3O3. The van der Waals surface area contributed by atoms with Crippen LogP contribution in [0.15, 0.2) is 23.2 Å². The molecular weight excluding hydrogens is 330 g/mol. The second-order valence-corrected chi connectivity index (χ2v) is 7.80. The standard InChI is InChI=1S/C20H31N3O3/c1-4-21-19(23-15-6-8-16(24)9-7-15)22-12-20(2,3)14-5-10-17-18(11-14)26-13-25-17/h5,10-11,15-16,24H,4,6-9,12-13H2,1-3H3,(H2,21,22,23). The van der Waals surface area contributed by atoms with Crippen LogP contribution in [0.4, 0.5) is 0 Å². The molecule has 1 aliphatic carbocycles. The lowest BCUT2D eigenvalue weighted by molar-refractivity contribution is 0.120. The maximum absolute atomic E-state index is 9.67. The summed E-state index contributed by atoms with van der Waals surface area (Å²) in [5.74, 6) is 2.47. The number of aliphatic imine (C=N–C) groups is 1. The van der Waals surface area contributed by atoms with Gasteiger partial charge in [-0.1, -0.05) is 19.9 Å². The van der Waals surface area contributed by atoms with Gasteiger partial charge in [0.05, 0.1) is 12.6 Å². The predicted molar refractivity (Wildman–Crippen MR) is 103 cm³/mol. The number of hydrogen-bond donors (Lipinski definition) is 3. The van der Waals surface area contributed by atoms with Gasteiger partial charge in [0.15, 0.2) is 17.5 Å². The molecule has 1 fully saturated rings. The van der Waals surface area contributed by atoms with E-state index in [0.717, 1.165) is 49.7 Å². The Kier molecular flexibility index (Phi) is 5.91. The summed E-state index contributed by atoms with van der Waals surface area (Å²) in [5.41, 5.74) is 1.06. The zero-order valence-corrected chi connectivity index (χ0v) is 16.0. The smallest absolute Gasteiger partial charge is 0.231 e. The van der Waals surface area contributed by atoms with Gasteiger partial charge in [0.2, 0.25) is 6.79 Å². The van der Waals surface area contributed by atoms with Gasteiger partial charge in [-0.25, -0.2) is 0 Å². The molecule has 1 heterocycles. The van der Waals surface area contributed by atoms with E-state index in [0.29, 0.717) is 19.4 Å². The van der Waals surface area contributed by atoms with E-state index in [2.05, 4.69) is 43.5 Å². The maximum Gasteiger partial charge on any atom is 0.231 e. The molecule has 6 nitrogen and oxygen atoms in total. The number of benzene rings is 1. The maximum atomic E-state index is 9.67. The number of hydrogen-bond acceptors (Lipinski definition) is 4. The Morgan fingerprint density at radius 2 is 1.92 bits per heavy atom. The van der Waals surface area contributed by atoms with E-state index >= 15 is 0 Å². The lowest BCUT2D eigenvalue weighted by Gasteiger charge is -2.28. The fourth-order valence-corrected chi connectivity index (χ4v) is 3.42. The van der Waals surface area contributed by atoms with Crippen molar-refractivity contribution < 1.29 is 14.6 Å². The molecule has 1 aromatic rings. The Labute approximate surface area is 156 Å². The molecule has 6 heteroatoms. The largest absolute Gasteiger partial charge is 0.454 e. The van der Waals surface area contributed by atoms with Crippen molar-refractivity contribution in [3.05, 3.63) is 23.8 Å². The van der Waals surface area contributed by atoms with E-state index in [1.54, 1.807) is 0 Å². The van der Waals surface area contributed by atoms with Crippen LogP contribution in [0.1, 0.15) is 52.0 Å². The molecule has 0 bridgehead atoms. The topological polar surface area (TPSA) is 75.1 Å². The molecule has 1 aliphatic heterocycles. The fourth-order valence-electron chi connectivity index (χ4n) is 3.42. The van der Waals surface area contributed by atoms with Gasteiger partial charge in [-0.2, -0.15) is 0 Å². The molecule has 0 unspecified atom stereocenters. The van der Waals surface area contributed by atoms with Crippen molar-refractivity contribution in [1.82, 2.24) is 10.6 Å². The number of aliphatic hydroxyl groups is 1. The van der Waals surface area contributed by atoms with Crippen LogP contribution in [-0.2, 0) is 5.41 Å². The number of nitrogens with one attached hydrogen (secondary N) is 2. The molecule has 2 aliphatic rings. The van der Waals surface area contributed by atoms with Crippen LogP contribution in [0.2, 0.25) is 0 Å². The zero-order valence-electron chi connectivity index (χ0n) is 16.0. The van der Waals surface area contributed by atoms with Gasteiger partial charge in [0.1, 0.15) is 0 Å². The molecule has 3 rings (SSSR count). The number of nitrogens with zero attached hydrogens (tertiary/aromatic N) is 1. The summed E-state index contributed by atoms with van der Waals surface area (Å²) in [4.78, 5) is 4.83. The zero-order chi connectivity index (χ0) is 18.6. The Bertz CT molecular complexity index is 637. The number of rotatable bonds is 5. The van der Waals surface area contributed by atoms with Crippen LogP contribution in [0.25, 0.3) is 0 Å². The summed E-state index contributed by atoms with van der Waals surface area (Å²) in [6.45, 7) is 8.23. The van der Waals surface area contributed by atoms with Gasteiger partial charge >= 0.3 is 0 Å². The molecule has 0 amide bonds. The van der Waals surface area contributed by atoms with Gasteiger partial charge in [-0.05, 0) is 50.3 Å². The van der Waals surface area contributed by atoms with Crippen molar-refractivity contribution in [2.45, 2.75) is 64.0 Å². The van der Waals surface area contributed by atoms with Crippen LogP contribution in [0.3, 0.4) is 0 Å². The van der Waals surface area contributed by atoms with Crippen LogP contribution < -0.4 is 20.1 Å². The minimum Gasteiger partial charge on any atom is -0.454 e. The van der Waals surface area contributed by atoms with Gasteiger partial charge in [0, 0.05) is 18.0 Å². The van der Waals surface area contributed by atoms with E-state index in [1.807, 2.05) is 6.07 Å². The lowest BCUT2D eigenvalue weighted by Crippen LogP contribution is -2.45. The van der Waals surface area contributed by atoms with Crippen LogP contribution in [-0.4, -0.2) is 43.1 Å². The highest BCUT2D eigenvalue weighted by Crippen LogP contribution is 2.36. The molecule has 1 saturated carbocycles. The van der Waals surface area contributed by atoms with E-state index in [9.17, 15) is 5.11 Å². The molecule has 0 radical (unpaired) electrons. The Morgan fingerprint density at radius 3 is 2.65 bits per heavy atom. The first-order valence-electron chi connectivity index (χ1n) is 9.61. The Morgan fingerprint density at radius 1 is 1.19 bits per heavy atom. The highest BCUT2D eigenvalue weighted by atomic mass is 16.7. The molecule has 144 valence electrons. The fraction of sp³-hybridized carbons (Fsp3) is 0.650. The predicted octanol–water partition coefficient (Wildman–Crippen LogP) is 2.55. The first-order chi connectivity index (χ1) is 12.5. The second kappa shape index (κ2) is 8.16. The molecule has 0 aromatic heterocycles. The molecule has 1 aromatic carbocycles. The Balaban J connectivity index is 1.65. The van der Waals surface area contributed by atoms with E-state index in [1.165, 1.54) is 5.56 Å². The monoisotopic (exact) mass is 361 g/mol. The molecule has 0 saturated heterocycles. The van der Waals surface area contributed by atoms with Crippen molar-refractivity contribution in [3.63, 3.8) is 0 Å². The highest BCUT2D eigenvalue weighted by molar-refractivity contribution is 5.80. The summed E-state index contributed by atoms with van der Waals surface area (Å²) in [5, 5.41) is 16.5. The molecule has 0 atom stereocenters. The van der Waals surface area contributed by atoms with Gasteiger partial charge < -0.3 is 25.2 Å². The van der Waals surface area contributed by atoms with Crippen molar-refractivity contribution in [1.29, 1.82) is 0 Å².